The van der Waals surface area contributed by atoms with E-state index in [9.17, 15) is 33.1 Å². The predicted octanol–water partition coefficient (Wildman–Crippen LogP) is 6.85. The number of nitrogens with zero attached hydrogens (tertiary/aromatic N) is 2. The number of carbonyl (C=O) groups excluding carboxylic acids is 3. The Kier molecular flexibility index (Phi) is 14.3. The fourth-order valence-corrected chi connectivity index (χ4v) is 10.3. The van der Waals surface area contributed by atoms with E-state index in [-0.39, 0.29) is 48.6 Å². The molecule has 2 atom stereocenters. The summed E-state index contributed by atoms with van der Waals surface area (Å²) in [6.07, 6.45) is 3.10. The summed E-state index contributed by atoms with van der Waals surface area (Å²) in [6, 6.07) is 22.3. The van der Waals surface area contributed by atoms with Crippen LogP contribution in [-0.4, -0.2) is 71.0 Å². The third-order valence-electron chi connectivity index (χ3n) is 9.48. The molecule has 1 aliphatic carbocycles. The van der Waals surface area contributed by atoms with Gasteiger partial charge in [-0.05, 0) is 113 Å². The van der Waals surface area contributed by atoms with Gasteiger partial charge in [0.1, 0.15) is 22.9 Å². The molecule has 18 heteroatoms. The van der Waals surface area contributed by atoms with Crippen LogP contribution in [0, 0.1) is 15.9 Å². The summed E-state index contributed by atoms with van der Waals surface area (Å²) in [5, 5.41) is 10.5. The maximum atomic E-state index is 14.6. The first-order chi connectivity index (χ1) is 28.2. The molecular weight excluding hydrogens is 841 g/mol. The molecule has 1 fully saturated rings. The topological polar surface area (TPSA) is 164 Å². The quantitative estimate of drug-likeness (QED) is 0.0251. The van der Waals surface area contributed by atoms with Gasteiger partial charge in [-0.1, -0.05) is 35.7 Å². The molecule has 308 valence electrons. The van der Waals surface area contributed by atoms with Gasteiger partial charge >= 0.3 is 11.9 Å². The molecule has 59 heavy (non-hydrogen) atoms. The van der Waals surface area contributed by atoms with Gasteiger partial charge in [-0.2, -0.15) is 0 Å². The maximum Gasteiger partial charge on any atom is 0.347 e. The lowest BCUT2D eigenvalue weighted by atomic mass is 10.0. The summed E-state index contributed by atoms with van der Waals surface area (Å²) < 4.78 is 45.1. The molecular formula is C41H38FN3O10PS3-. The van der Waals surface area contributed by atoms with E-state index in [0.29, 0.717) is 42.3 Å². The van der Waals surface area contributed by atoms with Crippen LogP contribution in [-0.2, 0) is 54.0 Å². The van der Waals surface area contributed by atoms with E-state index in [1.165, 1.54) is 30.3 Å². The molecule has 1 saturated heterocycles. The first-order valence-electron chi connectivity index (χ1n) is 18.2. The second-order valence-electron chi connectivity index (χ2n) is 13.4. The molecule has 1 heterocycles. The van der Waals surface area contributed by atoms with Crippen LogP contribution >= 0.6 is 5.39 Å². The second kappa shape index (κ2) is 19.4. The van der Waals surface area contributed by atoms with Crippen LogP contribution in [0.25, 0.3) is 17.2 Å². The van der Waals surface area contributed by atoms with Gasteiger partial charge in [0, 0.05) is 47.1 Å². The van der Waals surface area contributed by atoms with Gasteiger partial charge < -0.3 is 36.6 Å². The molecule has 0 spiro atoms. The number of esters is 2. The SMILES string of the molecule is CC1=C(CC(=O)Nc2ccc(OC(=O)CCCO[N+](=O)[O-])c(C(=O)Oc3ccc(P(=S)([S-])N4CCOCC4)cc3)c2)c2cc(F)ccc2/C1=C\c1ccc(S(C)=O)cc1. The highest BCUT2D eigenvalue weighted by Crippen LogP contribution is 2.47. The van der Waals surface area contributed by atoms with E-state index in [0.717, 1.165) is 27.6 Å². The number of carbonyl (C=O) groups is 3. The lowest BCUT2D eigenvalue weighted by Crippen LogP contribution is -2.35. The average Bonchev–Trinajstić information content (AvgIpc) is 3.45. The highest BCUT2D eigenvalue weighted by atomic mass is 32.9. The zero-order valence-corrected chi connectivity index (χ0v) is 35.2. The number of rotatable bonds is 15. The van der Waals surface area contributed by atoms with Crippen molar-refractivity contribution >= 4 is 86.3 Å². The number of fused-ring (bicyclic) bond motifs is 1. The largest absolute Gasteiger partial charge is 0.727 e. The van der Waals surface area contributed by atoms with Gasteiger partial charge in [0.25, 0.3) is 5.09 Å². The Labute approximate surface area is 352 Å². The molecule has 0 aromatic heterocycles. The van der Waals surface area contributed by atoms with Crippen LogP contribution in [0.1, 0.15) is 53.2 Å². The van der Waals surface area contributed by atoms with Gasteiger partial charge in [0.15, 0.2) is 0 Å². The van der Waals surface area contributed by atoms with Crippen LogP contribution in [0.15, 0.2) is 95.4 Å². The second-order valence-corrected chi connectivity index (χ2v) is 20.8. The Balaban J connectivity index is 1.23. The van der Waals surface area contributed by atoms with Crippen LogP contribution in [0.4, 0.5) is 10.1 Å². The summed E-state index contributed by atoms with van der Waals surface area (Å²) in [7, 11) is -1.14. The van der Waals surface area contributed by atoms with E-state index >= 15 is 0 Å². The van der Waals surface area contributed by atoms with E-state index < -0.39 is 44.9 Å². The third kappa shape index (κ3) is 11.0. The third-order valence-corrected chi connectivity index (χ3v) is 15.2. The van der Waals surface area contributed by atoms with E-state index in [2.05, 4.69) is 14.8 Å². The minimum atomic E-state index is -2.50. The van der Waals surface area contributed by atoms with Crippen molar-refractivity contribution in [2.75, 3.05) is 44.5 Å². The van der Waals surface area contributed by atoms with Gasteiger partial charge in [0.2, 0.25) is 5.91 Å². The number of nitrogens with one attached hydrogen (secondary N) is 1. The van der Waals surface area contributed by atoms with E-state index in [1.807, 2.05) is 25.1 Å². The number of morpholine rings is 1. The molecule has 4 aromatic carbocycles. The number of halogens is 1. The van der Waals surface area contributed by atoms with Crippen molar-refractivity contribution < 1.29 is 47.1 Å². The monoisotopic (exact) mass is 878 g/mol. The number of benzene rings is 4. The standard InChI is InChI=1S/C41H39FN3O10PS3/c1-26-34(22-27-5-13-32(14-6-27)59(2)51)33-15-7-28(42)23-36(33)35(26)25-39(46)43-29-8-16-38(55-40(47)4-3-19-53-45(49)50)37(24-29)41(48)54-30-9-11-31(12-10-30)56(57,58)44-17-20-52-21-18-44/h5-16,22-24H,3-4,17-21,25H2,1-2H3,(H,43,46)(H,57,58)/p-1/b34-22-. The zero-order chi connectivity index (χ0) is 42.3. The lowest BCUT2D eigenvalue weighted by molar-refractivity contribution is -0.757. The number of hydrogen-bond donors (Lipinski definition) is 1. The number of anilines is 1. The maximum absolute atomic E-state index is 14.6. The highest BCUT2D eigenvalue weighted by molar-refractivity contribution is 8.56. The summed E-state index contributed by atoms with van der Waals surface area (Å²) >= 11 is 11.7. The smallest absolute Gasteiger partial charge is 0.347 e. The molecule has 2 aliphatic rings. The Bertz CT molecular complexity index is 2420. The molecule has 4 aromatic rings. The average molecular weight is 879 g/mol. The molecule has 13 nitrogen and oxygen atoms in total. The Morgan fingerprint density at radius 2 is 1.73 bits per heavy atom. The predicted molar refractivity (Wildman–Crippen MR) is 228 cm³/mol. The Hall–Kier alpha value is -5.03. The van der Waals surface area contributed by atoms with Gasteiger partial charge in [0.05, 0.1) is 26.2 Å². The van der Waals surface area contributed by atoms with Gasteiger partial charge in [-0.15, -0.1) is 21.9 Å². The lowest BCUT2D eigenvalue weighted by Gasteiger charge is -2.43. The minimum absolute atomic E-state index is 0.0210. The molecule has 1 aliphatic heterocycles. The van der Waals surface area contributed by atoms with Crippen LogP contribution in [0.2, 0.25) is 0 Å². The molecule has 2 unspecified atom stereocenters. The van der Waals surface area contributed by atoms with Crippen molar-refractivity contribution in [3.63, 3.8) is 0 Å². The summed E-state index contributed by atoms with van der Waals surface area (Å²) in [5.41, 5.74) is 4.29. The fourth-order valence-electron chi connectivity index (χ4n) is 6.50. The molecule has 6 rings (SSSR count). The normalized spacial score (nSPS) is 16.2. The van der Waals surface area contributed by atoms with Crippen molar-refractivity contribution in [1.29, 1.82) is 0 Å². The van der Waals surface area contributed by atoms with Crippen molar-refractivity contribution in [2.24, 2.45) is 0 Å². The first kappa shape index (κ1) is 43.5. The summed E-state index contributed by atoms with van der Waals surface area (Å²) in [5.74, 6) is -2.66. The Morgan fingerprint density at radius 3 is 2.41 bits per heavy atom. The molecule has 1 N–H and O–H groups in total. The summed E-state index contributed by atoms with van der Waals surface area (Å²) in [6.45, 7) is 3.83. The minimum Gasteiger partial charge on any atom is -0.727 e. The molecule has 0 radical (unpaired) electrons. The van der Waals surface area contributed by atoms with Crippen molar-refractivity contribution in [3.8, 4) is 11.5 Å². The number of hydrogen-bond acceptors (Lipinski definition) is 12. The number of amides is 1. The molecule has 1 amide bonds. The number of allylic oxidation sites excluding steroid dienone is 2. The Morgan fingerprint density at radius 1 is 1.02 bits per heavy atom. The van der Waals surface area contributed by atoms with E-state index in [4.69, 9.17) is 38.3 Å². The van der Waals surface area contributed by atoms with Gasteiger partial charge in [-0.3, -0.25) is 18.5 Å². The highest BCUT2D eigenvalue weighted by Gasteiger charge is 2.27. The van der Waals surface area contributed by atoms with Crippen molar-refractivity contribution in [1.82, 2.24) is 4.67 Å². The first-order valence-corrected chi connectivity index (χ1v) is 23.6. The number of ether oxygens (including phenoxy) is 3. The van der Waals surface area contributed by atoms with Crippen molar-refractivity contribution in [3.05, 3.63) is 129 Å². The molecule has 0 bridgehead atoms. The zero-order valence-electron chi connectivity index (χ0n) is 31.8. The van der Waals surface area contributed by atoms with E-state index in [1.54, 1.807) is 48.7 Å². The fraction of sp³-hybridized carbons (Fsp3) is 0.244. The summed E-state index contributed by atoms with van der Waals surface area (Å²) in [4.78, 5) is 55.5. The van der Waals surface area contributed by atoms with Crippen LogP contribution in [0.5, 0.6) is 11.5 Å². The van der Waals surface area contributed by atoms with Gasteiger partial charge in [-0.25, -0.2) is 9.18 Å². The van der Waals surface area contributed by atoms with Crippen LogP contribution in [0.3, 0.4) is 0 Å². The van der Waals surface area contributed by atoms with Crippen molar-refractivity contribution in [2.45, 2.75) is 31.1 Å². The molecule has 0 saturated carbocycles. The van der Waals surface area contributed by atoms with Crippen LogP contribution < -0.4 is 20.1 Å².